The summed E-state index contributed by atoms with van der Waals surface area (Å²) in [6, 6.07) is 0. The first kappa shape index (κ1) is 63.6. The molecule has 6 unspecified atom stereocenters. The standard InChI is InChI=1S/C54H101O12P/c1-3-5-7-9-11-13-15-17-19-21-22-23-24-25-26-27-28-30-32-34-36-38-40-42-44-63-45-47(46-64-67(61,62)66-54-52(59)50(57)49(56)51(58)53(54)60)65-48(55)43-41-39-37-35-33-31-29-20-18-16-14-12-10-8-6-4-2/h15,17,20-22,29,47,49-54,56-60H,3-14,16,18-19,23-28,30-46H2,1-2H3,(H,61,62)/b17-15-,22-21-,29-20-. The van der Waals surface area contributed by atoms with E-state index in [0.29, 0.717) is 13.0 Å². The second kappa shape index (κ2) is 44.5. The van der Waals surface area contributed by atoms with Gasteiger partial charge in [-0.2, -0.15) is 0 Å². The molecule has 1 aliphatic rings. The van der Waals surface area contributed by atoms with Crippen LogP contribution in [0.3, 0.4) is 0 Å². The van der Waals surface area contributed by atoms with Crippen LogP contribution in [0.15, 0.2) is 36.5 Å². The van der Waals surface area contributed by atoms with Gasteiger partial charge in [0.2, 0.25) is 0 Å². The van der Waals surface area contributed by atoms with Gasteiger partial charge in [0.15, 0.2) is 0 Å². The Morgan fingerprint density at radius 2 is 0.836 bits per heavy atom. The first-order valence-electron chi connectivity index (χ1n) is 27.3. The summed E-state index contributed by atoms with van der Waals surface area (Å²) in [6.07, 6.45) is 42.1. The zero-order valence-electron chi connectivity index (χ0n) is 42.5. The molecule has 1 fully saturated rings. The molecular formula is C54H101O12P. The largest absolute Gasteiger partial charge is 0.472 e. The Morgan fingerprint density at radius 1 is 0.478 bits per heavy atom. The van der Waals surface area contributed by atoms with E-state index in [1.165, 1.54) is 148 Å². The smallest absolute Gasteiger partial charge is 0.457 e. The number of carbonyl (C=O) groups excluding carboxylic acids is 1. The van der Waals surface area contributed by atoms with Crippen molar-refractivity contribution in [2.45, 2.75) is 281 Å². The minimum absolute atomic E-state index is 0.0792. The molecule has 0 aromatic carbocycles. The normalized spacial score (nSPS) is 21.5. The van der Waals surface area contributed by atoms with Crippen molar-refractivity contribution in [3.63, 3.8) is 0 Å². The number of esters is 1. The summed E-state index contributed by atoms with van der Waals surface area (Å²) < 4.78 is 34.3. The number of aliphatic hydroxyl groups is 5. The number of phosphoric ester groups is 1. The van der Waals surface area contributed by atoms with Crippen molar-refractivity contribution in [3.8, 4) is 0 Å². The maximum absolute atomic E-state index is 12.9. The summed E-state index contributed by atoms with van der Waals surface area (Å²) in [5.41, 5.74) is 0. The lowest BCUT2D eigenvalue weighted by Gasteiger charge is -2.41. The van der Waals surface area contributed by atoms with E-state index in [1.807, 2.05) is 0 Å². The van der Waals surface area contributed by atoms with Crippen LogP contribution in [0, 0.1) is 0 Å². The first-order valence-corrected chi connectivity index (χ1v) is 28.8. The highest BCUT2D eigenvalue weighted by molar-refractivity contribution is 7.47. The average Bonchev–Trinajstić information content (AvgIpc) is 3.31. The average molecular weight is 973 g/mol. The SMILES string of the molecule is CCCCCCC/C=C\C/C=C\CCCCCCCCCCCCCCOCC(COP(=O)(O)OC1C(O)C(O)C(O)C(O)C1O)OC(=O)CCCCCCC/C=C\CCCCCCCCC. The summed E-state index contributed by atoms with van der Waals surface area (Å²) in [4.78, 5) is 23.3. The molecule has 0 aromatic rings. The molecular weight excluding hydrogens is 872 g/mol. The van der Waals surface area contributed by atoms with E-state index in [-0.39, 0.29) is 13.0 Å². The zero-order valence-corrected chi connectivity index (χ0v) is 43.4. The van der Waals surface area contributed by atoms with Gasteiger partial charge in [-0.25, -0.2) is 4.57 Å². The number of phosphoric acid groups is 1. The lowest BCUT2D eigenvalue weighted by atomic mass is 9.85. The van der Waals surface area contributed by atoms with Crippen LogP contribution in [-0.2, 0) is 27.9 Å². The van der Waals surface area contributed by atoms with Crippen LogP contribution in [0.5, 0.6) is 0 Å². The maximum Gasteiger partial charge on any atom is 0.472 e. The molecule has 0 spiro atoms. The fourth-order valence-corrected chi connectivity index (χ4v) is 9.35. The van der Waals surface area contributed by atoms with Crippen molar-refractivity contribution in [1.29, 1.82) is 0 Å². The van der Waals surface area contributed by atoms with Gasteiger partial charge in [0.05, 0.1) is 13.2 Å². The third-order valence-electron chi connectivity index (χ3n) is 12.7. The Labute approximate surface area is 408 Å². The number of hydrogen-bond acceptors (Lipinski definition) is 11. The molecule has 1 aliphatic carbocycles. The summed E-state index contributed by atoms with van der Waals surface area (Å²) in [5, 5.41) is 50.3. The van der Waals surface area contributed by atoms with E-state index in [9.17, 15) is 39.8 Å². The van der Waals surface area contributed by atoms with Gasteiger partial charge in [-0.1, -0.05) is 198 Å². The van der Waals surface area contributed by atoms with Crippen molar-refractivity contribution < 1.29 is 58.3 Å². The Morgan fingerprint density at radius 3 is 1.27 bits per heavy atom. The molecule has 1 rings (SSSR count). The maximum atomic E-state index is 12.9. The Kier molecular flexibility index (Phi) is 42.2. The quantitative estimate of drug-likeness (QED) is 0.0147. The van der Waals surface area contributed by atoms with Crippen LogP contribution < -0.4 is 0 Å². The second-order valence-corrected chi connectivity index (χ2v) is 20.5. The van der Waals surface area contributed by atoms with Crippen molar-refractivity contribution in [1.82, 2.24) is 0 Å². The number of allylic oxidation sites excluding steroid dienone is 6. The molecule has 394 valence electrons. The number of carbonyl (C=O) groups is 1. The lowest BCUT2D eigenvalue weighted by Crippen LogP contribution is -2.64. The van der Waals surface area contributed by atoms with Crippen LogP contribution in [0.2, 0.25) is 0 Å². The van der Waals surface area contributed by atoms with E-state index < -0.39 is 63.1 Å². The number of ether oxygens (including phenoxy) is 2. The predicted octanol–water partition coefficient (Wildman–Crippen LogP) is 12.6. The molecule has 1 saturated carbocycles. The third-order valence-corrected chi connectivity index (χ3v) is 13.7. The first-order chi connectivity index (χ1) is 32.5. The Hall–Kier alpha value is -1.44. The molecule has 0 heterocycles. The molecule has 67 heavy (non-hydrogen) atoms. The van der Waals surface area contributed by atoms with Crippen molar-refractivity contribution in [2.24, 2.45) is 0 Å². The van der Waals surface area contributed by atoms with Crippen molar-refractivity contribution in [3.05, 3.63) is 36.5 Å². The number of unbranched alkanes of at least 4 members (excludes halogenated alkanes) is 29. The molecule has 0 bridgehead atoms. The van der Waals surface area contributed by atoms with Gasteiger partial charge in [-0.15, -0.1) is 0 Å². The van der Waals surface area contributed by atoms with Crippen molar-refractivity contribution >= 4 is 13.8 Å². The fourth-order valence-electron chi connectivity index (χ4n) is 8.38. The van der Waals surface area contributed by atoms with Gasteiger partial charge in [0, 0.05) is 13.0 Å². The van der Waals surface area contributed by atoms with Gasteiger partial charge < -0.3 is 39.9 Å². The minimum Gasteiger partial charge on any atom is -0.457 e. The zero-order chi connectivity index (χ0) is 49.1. The van der Waals surface area contributed by atoms with Crippen LogP contribution in [0.1, 0.15) is 239 Å². The molecule has 6 N–H and O–H groups in total. The number of rotatable bonds is 47. The monoisotopic (exact) mass is 973 g/mol. The molecule has 0 saturated heterocycles. The molecule has 0 radical (unpaired) electrons. The molecule has 6 atom stereocenters. The van der Waals surface area contributed by atoms with Crippen LogP contribution in [0.25, 0.3) is 0 Å². The number of hydrogen-bond donors (Lipinski definition) is 6. The second-order valence-electron chi connectivity index (χ2n) is 19.1. The van der Waals surface area contributed by atoms with Crippen LogP contribution in [-0.4, -0.2) is 98.9 Å². The molecule has 0 aromatic heterocycles. The van der Waals surface area contributed by atoms with Gasteiger partial charge >= 0.3 is 13.8 Å². The van der Waals surface area contributed by atoms with Crippen LogP contribution in [0.4, 0.5) is 0 Å². The van der Waals surface area contributed by atoms with E-state index in [2.05, 4.69) is 50.3 Å². The molecule has 12 nitrogen and oxygen atoms in total. The van der Waals surface area contributed by atoms with Gasteiger partial charge in [-0.05, 0) is 70.6 Å². The van der Waals surface area contributed by atoms with Gasteiger partial charge in [-0.3, -0.25) is 13.8 Å². The van der Waals surface area contributed by atoms with E-state index in [4.69, 9.17) is 18.5 Å². The Bertz CT molecular complexity index is 1250. The minimum atomic E-state index is -5.02. The highest BCUT2D eigenvalue weighted by Crippen LogP contribution is 2.47. The van der Waals surface area contributed by atoms with Gasteiger partial charge in [0.1, 0.15) is 42.7 Å². The highest BCUT2D eigenvalue weighted by Gasteiger charge is 2.51. The van der Waals surface area contributed by atoms with E-state index in [1.54, 1.807) is 0 Å². The topological polar surface area (TPSA) is 192 Å². The van der Waals surface area contributed by atoms with E-state index in [0.717, 1.165) is 64.2 Å². The summed E-state index contributed by atoms with van der Waals surface area (Å²) in [6.45, 7) is 4.27. The fraction of sp³-hybridized carbons (Fsp3) is 0.870. The highest BCUT2D eigenvalue weighted by atomic mass is 31.2. The summed E-state index contributed by atoms with van der Waals surface area (Å²) >= 11 is 0. The lowest BCUT2D eigenvalue weighted by molar-refractivity contribution is -0.220. The van der Waals surface area contributed by atoms with Gasteiger partial charge in [0.25, 0.3) is 0 Å². The molecule has 0 amide bonds. The van der Waals surface area contributed by atoms with E-state index >= 15 is 0 Å². The Balaban J connectivity index is 2.29. The summed E-state index contributed by atoms with van der Waals surface area (Å²) in [5.74, 6) is -0.483. The predicted molar refractivity (Wildman–Crippen MR) is 272 cm³/mol. The van der Waals surface area contributed by atoms with Crippen molar-refractivity contribution in [2.75, 3.05) is 19.8 Å². The molecule has 0 aliphatic heterocycles. The number of aliphatic hydroxyl groups excluding tert-OH is 5. The van der Waals surface area contributed by atoms with Crippen LogP contribution >= 0.6 is 7.82 Å². The summed E-state index contributed by atoms with van der Waals surface area (Å²) in [7, 11) is -5.02. The third kappa shape index (κ3) is 36.2. The molecule has 13 heteroatoms.